The van der Waals surface area contributed by atoms with Crippen LogP contribution in [0.25, 0.3) is 5.82 Å². The van der Waals surface area contributed by atoms with Crippen LogP contribution in [-0.4, -0.2) is 62.7 Å². The molecule has 3 heterocycles. The second-order valence-electron chi connectivity index (χ2n) is 6.93. The van der Waals surface area contributed by atoms with Crippen LogP contribution in [0.2, 0.25) is 5.02 Å². The number of carbonyl (C=O) groups excluding carboxylic acids is 2. The molecule has 1 N–H and O–H groups in total. The Morgan fingerprint density at radius 3 is 2.57 bits per heavy atom. The second-order valence-corrected chi connectivity index (χ2v) is 7.37. The SMILES string of the molecule is O=C(Nc1cccc(Cl)c1)N1CCCN(C(=O)c2ccc(-n3cccn3)nc2)CC1. The summed E-state index contributed by atoms with van der Waals surface area (Å²) < 4.78 is 1.64. The number of urea groups is 1. The van der Waals surface area contributed by atoms with Crippen LogP contribution in [0.5, 0.6) is 0 Å². The van der Waals surface area contributed by atoms with Gasteiger partial charge in [-0.1, -0.05) is 17.7 Å². The number of nitrogens with zero attached hydrogens (tertiary/aromatic N) is 5. The van der Waals surface area contributed by atoms with E-state index in [0.717, 1.165) is 0 Å². The molecule has 0 bridgehead atoms. The van der Waals surface area contributed by atoms with Gasteiger partial charge in [0.1, 0.15) is 0 Å². The lowest BCUT2D eigenvalue weighted by molar-refractivity contribution is 0.0762. The number of aromatic nitrogens is 3. The van der Waals surface area contributed by atoms with Crippen LogP contribution in [0.4, 0.5) is 10.5 Å². The van der Waals surface area contributed by atoms with Gasteiger partial charge in [0.25, 0.3) is 5.91 Å². The Labute approximate surface area is 179 Å². The van der Waals surface area contributed by atoms with Crippen LogP contribution in [-0.2, 0) is 0 Å². The highest BCUT2D eigenvalue weighted by Crippen LogP contribution is 2.16. The van der Waals surface area contributed by atoms with Crippen LogP contribution < -0.4 is 5.32 Å². The van der Waals surface area contributed by atoms with E-state index >= 15 is 0 Å². The third-order valence-electron chi connectivity index (χ3n) is 4.88. The number of amides is 3. The van der Waals surface area contributed by atoms with Crippen LogP contribution >= 0.6 is 11.6 Å². The van der Waals surface area contributed by atoms with Gasteiger partial charge in [-0.2, -0.15) is 5.10 Å². The predicted octanol–water partition coefficient (Wildman–Crippen LogP) is 3.30. The van der Waals surface area contributed by atoms with Gasteiger partial charge in [0.05, 0.1) is 5.56 Å². The molecule has 0 spiro atoms. The Hall–Kier alpha value is -3.39. The average molecular weight is 425 g/mol. The number of hydrogen-bond donors (Lipinski definition) is 1. The zero-order chi connectivity index (χ0) is 20.9. The van der Waals surface area contributed by atoms with Gasteiger partial charge in [0.15, 0.2) is 5.82 Å². The fourth-order valence-electron chi connectivity index (χ4n) is 3.33. The lowest BCUT2D eigenvalue weighted by atomic mass is 10.2. The molecule has 1 aromatic carbocycles. The quantitative estimate of drug-likeness (QED) is 0.699. The van der Waals surface area contributed by atoms with E-state index in [4.69, 9.17) is 11.6 Å². The molecule has 30 heavy (non-hydrogen) atoms. The summed E-state index contributed by atoms with van der Waals surface area (Å²) in [5.74, 6) is 0.558. The molecule has 0 unspecified atom stereocenters. The maximum atomic E-state index is 12.9. The minimum absolute atomic E-state index is 0.0911. The predicted molar refractivity (Wildman–Crippen MR) is 114 cm³/mol. The van der Waals surface area contributed by atoms with Gasteiger partial charge in [-0.3, -0.25) is 4.79 Å². The Morgan fingerprint density at radius 2 is 1.83 bits per heavy atom. The topological polar surface area (TPSA) is 83.4 Å². The maximum absolute atomic E-state index is 12.9. The fraction of sp³-hybridized carbons (Fsp3) is 0.238. The number of nitrogens with one attached hydrogen (secondary N) is 1. The largest absolute Gasteiger partial charge is 0.337 e. The monoisotopic (exact) mass is 424 g/mol. The van der Waals surface area contributed by atoms with E-state index in [9.17, 15) is 9.59 Å². The van der Waals surface area contributed by atoms with E-state index in [0.29, 0.717) is 54.7 Å². The summed E-state index contributed by atoms with van der Waals surface area (Å²) in [7, 11) is 0. The molecule has 0 atom stereocenters. The molecule has 0 aliphatic carbocycles. The van der Waals surface area contributed by atoms with E-state index in [2.05, 4.69) is 15.4 Å². The molecule has 1 aliphatic rings. The molecule has 9 heteroatoms. The molecular weight excluding hydrogens is 404 g/mol. The average Bonchev–Trinajstić information content (AvgIpc) is 3.18. The third kappa shape index (κ3) is 4.60. The van der Waals surface area contributed by atoms with Gasteiger partial charge in [-0.25, -0.2) is 14.5 Å². The highest BCUT2D eigenvalue weighted by Gasteiger charge is 2.23. The standard InChI is InChI=1S/C21H21ClN6O2/c22-17-4-1-5-18(14-17)25-21(30)27-10-3-9-26(12-13-27)20(29)16-6-7-19(23-15-16)28-11-2-8-24-28/h1-2,4-8,11,14-15H,3,9-10,12-13H2,(H,25,30). The van der Waals surface area contributed by atoms with Crippen molar-refractivity contribution >= 4 is 29.2 Å². The van der Waals surface area contributed by atoms with Gasteiger partial charge in [0, 0.05) is 55.5 Å². The lowest BCUT2D eigenvalue weighted by Gasteiger charge is -2.22. The molecule has 1 fully saturated rings. The van der Waals surface area contributed by atoms with Crippen molar-refractivity contribution in [3.05, 3.63) is 71.6 Å². The molecule has 1 aliphatic heterocycles. The zero-order valence-electron chi connectivity index (χ0n) is 16.2. The van der Waals surface area contributed by atoms with Crippen molar-refractivity contribution in [1.82, 2.24) is 24.6 Å². The van der Waals surface area contributed by atoms with E-state index in [1.54, 1.807) is 69.5 Å². The van der Waals surface area contributed by atoms with Gasteiger partial charge < -0.3 is 15.1 Å². The molecule has 3 aromatic rings. The minimum Gasteiger partial charge on any atom is -0.337 e. The Balaban J connectivity index is 1.36. The van der Waals surface area contributed by atoms with E-state index in [1.807, 2.05) is 6.07 Å². The highest BCUT2D eigenvalue weighted by molar-refractivity contribution is 6.30. The Morgan fingerprint density at radius 1 is 1.00 bits per heavy atom. The van der Waals surface area contributed by atoms with Crippen LogP contribution in [0.3, 0.4) is 0 Å². The van der Waals surface area contributed by atoms with Gasteiger partial charge >= 0.3 is 6.03 Å². The number of benzene rings is 1. The summed E-state index contributed by atoms with van der Waals surface area (Å²) in [6.07, 6.45) is 5.73. The molecule has 1 saturated heterocycles. The van der Waals surface area contributed by atoms with Crippen molar-refractivity contribution in [2.75, 3.05) is 31.5 Å². The minimum atomic E-state index is -0.197. The molecule has 154 valence electrons. The first-order valence-electron chi connectivity index (χ1n) is 9.67. The number of carbonyl (C=O) groups is 2. The number of rotatable bonds is 3. The van der Waals surface area contributed by atoms with Gasteiger partial charge in [-0.05, 0) is 42.8 Å². The first-order valence-corrected chi connectivity index (χ1v) is 10.0. The van der Waals surface area contributed by atoms with Crippen molar-refractivity contribution in [3.63, 3.8) is 0 Å². The van der Waals surface area contributed by atoms with E-state index in [1.165, 1.54) is 0 Å². The normalized spacial score (nSPS) is 14.3. The number of pyridine rings is 1. The first kappa shape index (κ1) is 19.9. The van der Waals surface area contributed by atoms with E-state index < -0.39 is 0 Å². The second kappa shape index (κ2) is 8.96. The first-order chi connectivity index (χ1) is 14.6. The van der Waals surface area contributed by atoms with Crippen molar-refractivity contribution in [2.24, 2.45) is 0 Å². The Bertz CT molecular complexity index is 1020. The molecule has 3 amide bonds. The highest BCUT2D eigenvalue weighted by atomic mass is 35.5. The number of anilines is 1. The summed E-state index contributed by atoms with van der Waals surface area (Å²) in [5.41, 5.74) is 1.16. The Kier molecular flexibility index (Phi) is 5.94. The van der Waals surface area contributed by atoms with Crippen molar-refractivity contribution in [1.29, 1.82) is 0 Å². The molecular formula is C21H21ClN6O2. The van der Waals surface area contributed by atoms with Crippen LogP contribution in [0.15, 0.2) is 61.1 Å². The molecule has 0 radical (unpaired) electrons. The number of hydrogen-bond acceptors (Lipinski definition) is 4. The number of halogens is 1. The van der Waals surface area contributed by atoms with E-state index in [-0.39, 0.29) is 11.9 Å². The fourth-order valence-corrected chi connectivity index (χ4v) is 3.52. The smallest absolute Gasteiger partial charge is 0.321 e. The summed E-state index contributed by atoms with van der Waals surface area (Å²) in [6.45, 7) is 2.08. The third-order valence-corrected chi connectivity index (χ3v) is 5.12. The summed E-state index contributed by atoms with van der Waals surface area (Å²) in [5, 5.41) is 7.55. The van der Waals surface area contributed by atoms with Crippen molar-refractivity contribution in [2.45, 2.75) is 6.42 Å². The summed E-state index contributed by atoms with van der Waals surface area (Å²) in [4.78, 5) is 33.3. The maximum Gasteiger partial charge on any atom is 0.321 e. The van der Waals surface area contributed by atoms with Crippen molar-refractivity contribution < 1.29 is 9.59 Å². The zero-order valence-corrected chi connectivity index (χ0v) is 17.0. The lowest BCUT2D eigenvalue weighted by Crippen LogP contribution is -2.39. The van der Waals surface area contributed by atoms with Crippen LogP contribution in [0.1, 0.15) is 16.8 Å². The molecule has 0 saturated carbocycles. The molecule has 4 rings (SSSR count). The summed E-state index contributed by atoms with van der Waals surface area (Å²) in [6, 6.07) is 12.2. The van der Waals surface area contributed by atoms with Crippen molar-refractivity contribution in [3.8, 4) is 5.82 Å². The molecule has 8 nitrogen and oxygen atoms in total. The molecule has 2 aromatic heterocycles. The summed E-state index contributed by atoms with van der Waals surface area (Å²) >= 11 is 5.97. The van der Waals surface area contributed by atoms with Crippen LogP contribution in [0, 0.1) is 0 Å². The van der Waals surface area contributed by atoms with Gasteiger partial charge in [-0.15, -0.1) is 0 Å². The van der Waals surface area contributed by atoms with Gasteiger partial charge in [0.2, 0.25) is 0 Å².